The smallest absolute Gasteiger partial charge is 0.275 e. The molecular formula is C20H21ClFN2O+. The van der Waals surface area contributed by atoms with Gasteiger partial charge in [0.1, 0.15) is 11.5 Å². The first kappa shape index (κ1) is 16.6. The monoisotopic (exact) mass is 359 g/mol. The third kappa shape index (κ3) is 2.94. The predicted molar refractivity (Wildman–Crippen MR) is 97.7 cm³/mol. The lowest BCUT2D eigenvalue weighted by Gasteiger charge is -2.29. The molecule has 1 atom stereocenters. The third-order valence-corrected chi connectivity index (χ3v) is 5.34. The van der Waals surface area contributed by atoms with Gasteiger partial charge in [-0.25, -0.2) is 4.39 Å². The maximum atomic E-state index is 13.4. The molecule has 4 rings (SSSR count). The molecule has 0 saturated heterocycles. The van der Waals surface area contributed by atoms with Crippen LogP contribution in [0.15, 0.2) is 48.5 Å². The first-order valence-electron chi connectivity index (χ1n) is 8.73. The maximum absolute atomic E-state index is 13.4. The molecule has 0 fully saturated rings. The number of hydrogen-bond donors (Lipinski definition) is 1. The van der Waals surface area contributed by atoms with E-state index in [0.717, 1.165) is 37.3 Å². The zero-order valence-corrected chi connectivity index (χ0v) is 14.7. The molecule has 1 N–H and O–H groups in total. The molecule has 25 heavy (non-hydrogen) atoms. The van der Waals surface area contributed by atoms with Crippen LogP contribution in [0.3, 0.4) is 0 Å². The molecule has 0 bridgehead atoms. The van der Waals surface area contributed by atoms with Crippen molar-refractivity contribution in [2.75, 3.05) is 18.0 Å². The Labute approximate surface area is 152 Å². The number of halogens is 2. The summed E-state index contributed by atoms with van der Waals surface area (Å²) in [6.07, 6.45) is 4.32. The van der Waals surface area contributed by atoms with E-state index in [0.29, 0.717) is 17.1 Å². The van der Waals surface area contributed by atoms with Gasteiger partial charge in [-0.1, -0.05) is 17.7 Å². The molecular weight excluding hydrogens is 339 g/mol. The van der Waals surface area contributed by atoms with E-state index in [1.165, 1.54) is 18.6 Å². The van der Waals surface area contributed by atoms with Crippen LogP contribution in [0, 0.1) is 5.82 Å². The van der Waals surface area contributed by atoms with Gasteiger partial charge in [-0.2, -0.15) is 4.90 Å². The number of aliphatic hydroxyl groups is 1. The van der Waals surface area contributed by atoms with Crippen LogP contribution in [0.4, 0.5) is 10.1 Å². The SMILES string of the molecule is O[C@]1(c2ccc(F)cc2)C[N+]2=C(CCCCC2)N1c1cccc(Cl)c1. The number of amidine groups is 1. The highest BCUT2D eigenvalue weighted by Gasteiger charge is 2.54. The van der Waals surface area contributed by atoms with Gasteiger partial charge in [0.25, 0.3) is 11.6 Å². The number of nitrogens with zero attached hydrogens (tertiary/aromatic N) is 2. The largest absolute Gasteiger partial charge is 0.346 e. The molecule has 2 aliphatic rings. The third-order valence-electron chi connectivity index (χ3n) is 5.11. The van der Waals surface area contributed by atoms with Crippen molar-refractivity contribution in [2.45, 2.75) is 31.4 Å². The van der Waals surface area contributed by atoms with Gasteiger partial charge in [-0.15, -0.1) is 0 Å². The lowest BCUT2D eigenvalue weighted by molar-refractivity contribution is -0.534. The molecule has 2 heterocycles. The van der Waals surface area contributed by atoms with Crippen molar-refractivity contribution in [3.8, 4) is 0 Å². The molecule has 0 saturated carbocycles. The van der Waals surface area contributed by atoms with Gasteiger partial charge in [-0.3, -0.25) is 4.58 Å². The Kier molecular flexibility index (Phi) is 4.26. The Bertz CT molecular complexity index is 821. The van der Waals surface area contributed by atoms with Crippen molar-refractivity contribution in [3.63, 3.8) is 0 Å². The summed E-state index contributed by atoms with van der Waals surface area (Å²) in [5, 5.41) is 12.3. The minimum Gasteiger partial charge on any atom is -0.346 e. The molecule has 0 amide bonds. The Hall–Kier alpha value is -1.91. The van der Waals surface area contributed by atoms with Gasteiger partial charge in [0.15, 0.2) is 6.54 Å². The second-order valence-electron chi connectivity index (χ2n) is 6.79. The fourth-order valence-electron chi connectivity index (χ4n) is 3.94. The summed E-state index contributed by atoms with van der Waals surface area (Å²) < 4.78 is 15.7. The van der Waals surface area contributed by atoms with E-state index in [-0.39, 0.29) is 5.82 Å². The van der Waals surface area contributed by atoms with Crippen LogP contribution >= 0.6 is 11.6 Å². The van der Waals surface area contributed by atoms with Crippen LogP contribution in [-0.4, -0.2) is 28.6 Å². The van der Waals surface area contributed by atoms with Crippen LogP contribution in [-0.2, 0) is 5.72 Å². The summed E-state index contributed by atoms with van der Waals surface area (Å²) >= 11 is 6.21. The fraction of sp³-hybridized carbons (Fsp3) is 0.350. The van der Waals surface area contributed by atoms with Gasteiger partial charge >= 0.3 is 0 Å². The zero-order chi connectivity index (χ0) is 17.4. The quantitative estimate of drug-likeness (QED) is 0.816. The molecule has 0 aromatic heterocycles. The lowest BCUT2D eigenvalue weighted by Crippen LogP contribution is -2.47. The second-order valence-corrected chi connectivity index (χ2v) is 7.22. The van der Waals surface area contributed by atoms with Crippen molar-refractivity contribution in [2.24, 2.45) is 0 Å². The van der Waals surface area contributed by atoms with Crippen molar-refractivity contribution >= 4 is 23.1 Å². The van der Waals surface area contributed by atoms with E-state index >= 15 is 0 Å². The van der Waals surface area contributed by atoms with E-state index in [9.17, 15) is 9.50 Å². The lowest BCUT2D eigenvalue weighted by atomic mass is 10.00. The first-order chi connectivity index (χ1) is 12.1. The summed E-state index contributed by atoms with van der Waals surface area (Å²) in [5.41, 5.74) is 0.318. The standard InChI is InChI=1S/C20H21ClFN2O/c21-16-5-4-6-18(13-16)24-19-7-2-1-3-12-23(19)14-20(24,25)15-8-10-17(22)11-9-15/h4-6,8-11,13,25H,1-3,7,12,14H2/q+1/t20-/m0/s1. The topological polar surface area (TPSA) is 26.5 Å². The summed E-state index contributed by atoms with van der Waals surface area (Å²) in [6.45, 7) is 1.40. The molecule has 2 aliphatic heterocycles. The normalized spacial score (nSPS) is 23.6. The van der Waals surface area contributed by atoms with E-state index in [2.05, 4.69) is 4.58 Å². The Balaban J connectivity index is 1.84. The first-order valence-corrected chi connectivity index (χ1v) is 9.11. The molecule has 5 heteroatoms. The number of rotatable bonds is 2. The fourth-order valence-corrected chi connectivity index (χ4v) is 4.12. The van der Waals surface area contributed by atoms with Crippen molar-refractivity contribution in [1.82, 2.24) is 0 Å². The molecule has 0 radical (unpaired) electrons. The van der Waals surface area contributed by atoms with Crippen LogP contribution in [0.5, 0.6) is 0 Å². The van der Waals surface area contributed by atoms with Gasteiger partial charge in [0, 0.05) is 23.1 Å². The summed E-state index contributed by atoms with van der Waals surface area (Å²) in [5.74, 6) is 0.813. The number of benzene rings is 2. The van der Waals surface area contributed by atoms with Crippen LogP contribution in [0.1, 0.15) is 31.2 Å². The highest BCUT2D eigenvalue weighted by molar-refractivity contribution is 6.30. The average molecular weight is 360 g/mol. The maximum Gasteiger partial charge on any atom is 0.275 e. The minimum atomic E-state index is -1.23. The molecule has 3 nitrogen and oxygen atoms in total. The predicted octanol–water partition coefficient (Wildman–Crippen LogP) is 4.13. The molecule has 130 valence electrons. The zero-order valence-electron chi connectivity index (χ0n) is 14.0. The second kappa shape index (κ2) is 6.43. The minimum absolute atomic E-state index is 0.304. The highest BCUT2D eigenvalue weighted by atomic mass is 35.5. The van der Waals surface area contributed by atoms with E-state index in [1.807, 2.05) is 29.2 Å². The Morgan fingerprint density at radius 2 is 1.88 bits per heavy atom. The summed E-state index contributed by atoms with van der Waals surface area (Å²) in [4.78, 5) is 1.98. The van der Waals surface area contributed by atoms with Crippen molar-refractivity contribution in [3.05, 3.63) is 64.9 Å². The van der Waals surface area contributed by atoms with Gasteiger partial charge in [-0.05, 0) is 55.7 Å². The van der Waals surface area contributed by atoms with Crippen molar-refractivity contribution < 1.29 is 14.1 Å². The van der Waals surface area contributed by atoms with Crippen LogP contribution < -0.4 is 4.90 Å². The van der Waals surface area contributed by atoms with Crippen LogP contribution in [0.25, 0.3) is 0 Å². The number of hydrogen-bond acceptors (Lipinski definition) is 2. The molecule has 0 unspecified atom stereocenters. The number of anilines is 1. The molecule has 2 aromatic carbocycles. The molecule has 0 spiro atoms. The average Bonchev–Trinajstić information content (AvgIpc) is 2.72. The summed E-state index contributed by atoms with van der Waals surface area (Å²) in [6, 6.07) is 13.7. The highest BCUT2D eigenvalue weighted by Crippen LogP contribution is 2.38. The van der Waals surface area contributed by atoms with Gasteiger partial charge in [0.05, 0.1) is 6.54 Å². The Morgan fingerprint density at radius 3 is 2.64 bits per heavy atom. The van der Waals surface area contributed by atoms with Crippen molar-refractivity contribution in [1.29, 1.82) is 0 Å². The molecule has 0 aliphatic carbocycles. The van der Waals surface area contributed by atoms with E-state index < -0.39 is 5.72 Å². The van der Waals surface area contributed by atoms with Gasteiger partial charge in [0.2, 0.25) is 0 Å². The summed E-state index contributed by atoms with van der Waals surface area (Å²) in [7, 11) is 0. The van der Waals surface area contributed by atoms with E-state index in [1.54, 1.807) is 12.1 Å². The Morgan fingerprint density at radius 1 is 1.08 bits per heavy atom. The van der Waals surface area contributed by atoms with E-state index in [4.69, 9.17) is 11.6 Å². The van der Waals surface area contributed by atoms with Gasteiger partial charge < -0.3 is 5.11 Å². The van der Waals surface area contributed by atoms with Crippen LogP contribution in [0.2, 0.25) is 5.02 Å². The molecule has 2 aromatic rings.